The van der Waals surface area contributed by atoms with E-state index in [2.05, 4.69) is 21.2 Å². The van der Waals surface area contributed by atoms with Crippen molar-refractivity contribution in [3.05, 3.63) is 93.4 Å². The van der Waals surface area contributed by atoms with E-state index in [1.807, 2.05) is 24.3 Å². The summed E-state index contributed by atoms with van der Waals surface area (Å²) in [6.07, 6.45) is 0. The number of aryl methyl sites for hydroxylation is 1. The normalized spacial score (nSPS) is 12.0. The highest BCUT2D eigenvalue weighted by molar-refractivity contribution is 9.10. The molecule has 0 fully saturated rings. The van der Waals surface area contributed by atoms with E-state index in [1.54, 1.807) is 51.1 Å². The first-order chi connectivity index (χ1) is 17.5. The molecule has 0 aliphatic heterocycles. The minimum atomic E-state index is -4.13. The van der Waals surface area contributed by atoms with Gasteiger partial charge in [-0.2, -0.15) is 0 Å². The quantitative estimate of drug-likeness (QED) is 0.346. The second-order valence-corrected chi connectivity index (χ2v) is 11.7. The second kappa shape index (κ2) is 12.6. The summed E-state index contributed by atoms with van der Waals surface area (Å²) >= 11 is 9.72. The van der Waals surface area contributed by atoms with Crippen molar-refractivity contribution in [2.24, 2.45) is 0 Å². The van der Waals surface area contributed by atoms with Crippen LogP contribution in [0, 0.1) is 6.92 Å². The van der Waals surface area contributed by atoms with Crippen molar-refractivity contribution in [3.63, 3.8) is 0 Å². The maximum atomic E-state index is 13.8. The molecule has 196 valence electrons. The first kappa shape index (κ1) is 28.7. The Bertz CT molecular complexity index is 1350. The summed E-state index contributed by atoms with van der Waals surface area (Å²) in [6, 6.07) is 19.3. The molecule has 0 aromatic heterocycles. The number of rotatable bonds is 10. The van der Waals surface area contributed by atoms with Gasteiger partial charge in [0.25, 0.3) is 10.0 Å². The molecule has 10 heteroatoms. The Morgan fingerprint density at radius 3 is 2.27 bits per heavy atom. The van der Waals surface area contributed by atoms with Crippen molar-refractivity contribution in [3.8, 4) is 0 Å². The number of amides is 2. The first-order valence-corrected chi connectivity index (χ1v) is 14.3. The zero-order valence-corrected chi connectivity index (χ0v) is 24.0. The summed E-state index contributed by atoms with van der Waals surface area (Å²) in [4.78, 5) is 27.9. The van der Waals surface area contributed by atoms with Gasteiger partial charge in [-0.25, -0.2) is 8.42 Å². The van der Waals surface area contributed by atoms with Crippen LogP contribution in [0.25, 0.3) is 0 Å². The summed E-state index contributed by atoms with van der Waals surface area (Å²) in [5.41, 5.74) is 1.82. The number of nitrogens with one attached hydrogen (secondary N) is 1. The molecule has 0 aliphatic carbocycles. The fourth-order valence-electron chi connectivity index (χ4n) is 3.68. The van der Waals surface area contributed by atoms with Gasteiger partial charge in [-0.3, -0.25) is 13.9 Å². The van der Waals surface area contributed by atoms with Crippen LogP contribution in [0.5, 0.6) is 0 Å². The molecule has 0 saturated heterocycles. The molecule has 0 radical (unpaired) electrons. The lowest BCUT2D eigenvalue weighted by Gasteiger charge is -2.32. The molecule has 7 nitrogen and oxygen atoms in total. The number of benzene rings is 3. The van der Waals surface area contributed by atoms with Gasteiger partial charge in [0.1, 0.15) is 12.6 Å². The van der Waals surface area contributed by atoms with Crippen LogP contribution < -0.4 is 9.62 Å². The number of carbonyl (C=O) groups excluding carboxylic acids is 2. The highest BCUT2D eigenvalue weighted by Gasteiger charge is 2.32. The van der Waals surface area contributed by atoms with Crippen molar-refractivity contribution in [2.45, 2.75) is 38.3 Å². The summed E-state index contributed by atoms with van der Waals surface area (Å²) < 4.78 is 29.3. The topological polar surface area (TPSA) is 86.8 Å². The minimum Gasteiger partial charge on any atom is -0.355 e. The highest BCUT2D eigenvalue weighted by atomic mass is 79.9. The number of halogens is 2. The number of likely N-dealkylation sites (N-methyl/N-ethyl adjacent to an activating group) is 1. The number of hydrogen-bond acceptors (Lipinski definition) is 4. The van der Waals surface area contributed by atoms with E-state index in [1.165, 1.54) is 23.1 Å². The van der Waals surface area contributed by atoms with E-state index in [-0.39, 0.29) is 23.0 Å². The van der Waals surface area contributed by atoms with Crippen LogP contribution in [0.15, 0.2) is 82.2 Å². The first-order valence-electron chi connectivity index (χ1n) is 11.7. The molecule has 1 N–H and O–H groups in total. The van der Waals surface area contributed by atoms with Crippen LogP contribution in [0.4, 0.5) is 5.69 Å². The maximum Gasteiger partial charge on any atom is 0.264 e. The van der Waals surface area contributed by atoms with E-state index in [0.29, 0.717) is 11.6 Å². The molecule has 1 atom stereocenters. The third-order valence-corrected chi connectivity index (χ3v) is 8.56. The van der Waals surface area contributed by atoms with Gasteiger partial charge >= 0.3 is 0 Å². The van der Waals surface area contributed by atoms with Crippen molar-refractivity contribution >= 4 is 55.1 Å². The lowest BCUT2D eigenvalue weighted by molar-refractivity contribution is -0.139. The van der Waals surface area contributed by atoms with Gasteiger partial charge in [0.15, 0.2) is 0 Å². The van der Waals surface area contributed by atoms with Crippen molar-refractivity contribution in [1.29, 1.82) is 0 Å². The van der Waals surface area contributed by atoms with Crippen LogP contribution in [0.2, 0.25) is 5.02 Å². The van der Waals surface area contributed by atoms with Gasteiger partial charge in [0.05, 0.1) is 10.6 Å². The van der Waals surface area contributed by atoms with Crippen LogP contribution in [-0.4, -0.2) is 44.3 Å². The number of hydrogen-bond donors (Lipinski definition) is 1. The van der Waals surface area contributed by atoms with Crippen molar-refractivity contribution in [1.82, 2.24) is 10.2 Å². The van der Waals surface area contributed by atoms with Crippen LogP contribution in [0.1, 0.15) is 25.0 Å². The minimum absolute atomic E-state index is 0.0377. The molecular formula is C27H29BrClN3O4S. The van der Waals surface area contributed by atoms with Gasteiger partial charge in [-0.1, -0.05) is 63.9 Å². The average molecular weight is 607 g/mol. The van der Waals surface area contributed by atoms with E-state index in [4.69, 9.17) is 11.6 Å². The Morgan fingerprint density at radius 1 is 1.03 bits per heavy atom. The summed E-state index contributed by atoms with van der Waals surface area (Å²) in [6.45, 7) is 5.23. The Labute approximate surface area is 231 Å². The lowest BCUT2D eigenvalue weighted by atomic mass is 10.1. The zero-order valence-electron chi connectivity index (χ0n) is 20.8. The Balaban J connectivity index is 2.03. The standard InChI is InChI=1S/C27H29BrClN3O4S/c1-4-30-27(34)20(3)31(17-21-11-13-22(28)14-12-21)26(33)18-32(23-15-10-19(2)25(29)16-23)37(35,36)24-8-6-5-7-9-24/h5-16,20H,4,17-18H2,1-3H3,(H,30,34). The summed E-state index contributed by atoms with van der Waals surface area (Å²) in [7, 11) is -4.13. The SMILES string of the molecule is CCNC(=O)C(C)N(Cc1ccc(Br)cc1)C(=O)CN(c1ccc(C)c(Cl)c1)S(=O)(=O)c1ccccc1. The Hall–Kier alpha value is -2.88. The molecule has 0 aliphatic rings. The van der Waals surface area contributed by atoms with E-state index in [9.17, 15) is 18.0 Å². The maximum absolute atomic E-state index is 13.8. The van der Waals surface area contributed by atoms with E-state index in [0.717, 1.165) is 19.9 Å². The Kier molecular flexibility index (Phi) is 9.75. The number of nitrogens with zero attached hydrogens (tertiary/aromatic N) is 2. The smallest absolute Gasteiger partial charge is 0.264 e. The zero-order chi connectivity index (χ0) is 27.2. The number of carbonyl (C=O) groups is 2. The molecule has 3 rings (SSSR count). The Morgan fingerprint density at radius 2 is 1.68 bits per heavy atom. The van der Waals surface area contributed by atoms with Gasteiger partial charge < -0.3 is 10.2 Å². The van der Waals surface area contributed by atoms with Crippen LogP contribution in [0.3, 0.4) is 0 Å². The van der Waals surface area contributed by atoms with Gasteiger partial charge in [0, 0.05) is 22.6 Å². The van der Waals surface area contributed by atoms with Crippen LogP contribution in [-0.2, 0) is 26.2 Å². The molecule has 3 aromatic rings. The fraction of sp³-hybridized carbons (Fsp3) is 0.259. The summed E-state index contributed by atoms with van der Waals surface area (Å²) in [5.74, 6) is -0.860. The molecule has 0 bridgehead atoms. The summed E-state index contributed by atoms with van der Waals surface area (Å²) in [5, 5.41) is 3.12. The van der Waals surface area contributed by atoms with E-state index >= 15 is 0 Å². The average Bonchev–Trinajstić information content (AvgIpc) is 2.88. The molecule has 0 heterocycles. The lowest BCUT2D eigenvalue weighted by Crippen LogP contribution is -2.51. The molecule has 2 amide bonds. The highest BCUT2D eigenvalue weighted by Crippen LogP contribution is 2.28. The third kappa shape index (κ3) is 7.12. The van der Waals surface area contributed by atoms with Crippen LogP contribution >= 0.6 is 27.5 Å². The largest absolute Gasteiger partial charge is 0.355 e. The second-order valence-electron chi connectivity index (χ2n) is 8.48. The van der Waals surface area contributed by atoms with E-state index < -0.39 is 28.5 Å². The predicted molar refractivity (Wildman–Crippen MR) is 150 cm³/mol. The van der Waals surface area contributed by atoms with Crippen molar-refractivity contribution < 1.29 is 18.0 Å². The predicted octanol–water partition coefficient (Wildman–Crippen LogP) is 5.16. The monoisotopic (exact) mass is 605 g/mol. The van der Waals surface area contributed by atoms with Crippen molar-refractivity contribution in [2.75, 3.05) is 17.4 Å². The van der Waals surface area contributed by atoms with Gasteiger partial charge in [-0.05, 0) is 68.3 Å². The molecule has 3 aromatic carbocycles. The fourth-order valence-corrected chi connectivity index (χ4v) is 5.54. The molecular weight excluding hydrogens is 578 g/mol. The van der Waals surface area contributed by atoms with Gasteiger partial charge in [0.2, 0.25) is 11.8 Å². The number of sulfonamides is 1. The third-order valence-electron chi connectivity index (χ3n) is 5.84. The molecule has 0 spiro atoms. The van der Waals surface area contributed by atoms with Gasteiger partial charge in [-0.15, -0.1) is 0 Å². The molecule has 0 saturated carbocycles. The molecule has 37 heavy (non-hydrogen) atoms. The number of anilines is 1. The molecule has 1 unspecified atom stereocenters.